The van der Waals surface area contributed by atoms with Crippen LogP contribution in [-0.2, 0) is 0 Å². The highest BCUT2D eigenvalue weighted by atomic mass is 14.9. The molecule has 0 saturated heterocycles. The van der Waals surface area contributed by atoms with Crippen LogP contribution >= 0.6 is 0 Å². The average Bonchev–Trinajstić information content (AvgIpc) is 3.28. The molecule has 0 aromatic heterocycles. The highest BCUT2D eigenvalue weighted by Crippen LogP contribution is 2.48. The average molecular weight is 470 g/mol. The summed E-state index contributed by atoms with van der Waals surface area (Å²) in [5, 5.41) is 11.5. The summed E-state index contributed by atoms with van der Waals surface area (Å²) in [6, 6.07) is 48.5. The molecule has 0 heterocycles. The van der Waals surface area contributed by atoms with Gasteiger partial charge < -0.3 is 5.32 Å². The van der Waals surface area contributed by atoms with Crippen molar-refractivity contribution in [3.05, 3.63) is 133 Å². The number of anilines is 2. The summed E-state index contributed by atoms with van der Waals surface area (Å²) in [5.41, 5.74) is 9.91. The van der Waals surface area contributed by atoms with Gasteiger partial charge in [-0.15, -0.1) is 0 Å². The highest BCUT2D eigenvalue weighted by molar-refractivity contribution is 6.16. The molecule has 1 heteroatoms. The summed E-state index contributed by atoms with van der Waals surface area (Å²) in [7, 11) is 0. The SMILES string of the molecule is c1cc(Nc2cc3c4c(cccc4c2)-c2ccccc2-3)cc(-c2ccc3ccc4ccccc4c3c2)c1. The zero-order valence-electron chi connectivity index (χ0n) is 20.2. The van der Waals surface area contributed by atoms with Gasteiger partial charge in [-0.2, -0.15) is 0 Å². The Morgan fingerprint density at radius 1 is 0.351 bits per heavy atom. The quantitative estimate of drug-likeness (QED) is 0.254. The minimum atomic E-state index is 1.09. The molecule has 7 aromatic rings. The van der Waals surface area contributed by atoms with Crippen molar-refractivity contribution in [3.63, 3.8) is 0 Å². The lowest BCUT2D eigenvalue weighted by Crippen LogP contribution is -1.92. The number of hydrogen-bond donors (Lipinski definition) is 1. The molecule has 172 valence electrons. The summed E-state index contributed by atoms with van der Waals surface area (Å²) in [6.07, 6.45) is 0. The Kier molecular flexibility index (Phi) is 4.29. The Morgan fingerprint density at radius 2 is 1.03 bits per heavy atom. The van der Waals surface area contributed by atoms with Crippen molar-refractivity contribution < 1.29 is 0 Å². The van der Waals surface area contributed by atoms with Crippen LogP contribution < -0.4 is 5.32 Å². The van der Waals surface area contributed by atoms with E-state index in [9.17, 15) is 0 Å². The van der Waals surface area contributed by atoms with Gasteiger partial charge in [-0.25, -0.2) is 0 Å². The third-order valence-corrected chi connectivity index (χ3v) is 7.72. The molecule has 37 heavy (non-hydrogen) atoms. The van der Waals surface area contributed by atoms with Gasteiger partial charge in [-0.3, -0.25) is 0 Å². The molecule has 0 radical (unpaired) electrons. The smallest absolute Gasteiger partial charge is 0.0396 e. The van der Waals surface area contributed by atoms with Gasteiger partial charge in [0, 0.05) is 11.4 Å². The maximum atomic E-state index is 3.70. The van der Waals surface area contributed by atoms with Crippen LogP contribution in [-0.4, -0.2) is 0 Å². The molecular formula is C36H23N. The monoisotopic (exact) mass is 469 g/mol. The van der Waals surface area contributed by atoms with E-state index in [0.717, 1.165) is 11.4 Å². The number of fused-ring (bicyclic) bond motifs is 6. The van der Waals surface area contributed by atoms with Crippen molar-refractivity contribution in [1.82, 2.24) is 0 Å². The topological polar surface area (TPSA) is 12.0 Å². The maximum absolute atomic E-state index is 3.70. The third kappa shape index (κ3) is 3.18. The molecule has 7 aromatic carbocycles. The first-order valence-electron chi connectivity index (χ1n) is 12.8. The van der Waals surface area contributed by atoms with Crippen molar-refractivity contribution in [2.75, 3.05) is 5.32 Å². The number of nitrogens with one attached hydrogen (secondary N) is 1. The van der Waals surface area contributed by atoms with E-state index in [1.807, 2.05) is 0 Å². The van der Waals surface area contributed by atoms with E-state index >= 15 is 0 Å². The van der Waals surface area contributed by atoms with Crippen LogP contribution in [0.5, 0.6) is 0 Å². The fourth-order valence-electron chi connectivity index (χ4n) is 6.01. The molecular weight excluding hydrogens is 446 g/mol. The Hall–Kier alpha value is -4.88. The van der Waals surface area contributed by atoms with Crippen LogP contribution in [0.15, 0.2) is 133 Å². The van der Waals surface area contributed by atoms with E-state index in [1.54, 1.807) is 0 Å². The molecule has 0 fully saturated rings. The minimum absolute atomic E-state index is 1.09. The first kappa shape index (κ1) is 20.3. The first-order valence-corrected chi connectivity index (χ1v) is 12.8. The molecule has 8 rings (SSSR count). The predicted octanol–water partition coefficient (Wildman–Crippen LogP) is 10.2. The number of hydrogen-bond acceptors (Lipinski definition) is 1. The van der Waals surface area contributed by atoms with Gasteiger partial charge in [0.1, 0.15) is 0 Å². The fourth-order valence-corrected chi connectivity index (χ4v) is 6.01. The van der Waals surface area contributed by atoms with E-state index in [1.165, 1.54) is 65.7 Å². The largest absolute Gasteiger partial charge is 0.355 e. The van der Waals surface area contributed by atoms with Crippen molar-refractivity contribution in [3.8, 4) is 33.4 Å². The zero-order chi connectivity index (χ0) is 24.3. The molecule has 0 atom stereocenters. The standard InChI is InChI=1S/C36H23N/c1-2-11-30-23(7-1)15-16-24-17-18-26(21-34(24)30)25-8-5-10-28(19-25)37-29-20-27-9-6-14-33-31-12-3-4-13-32(31)35(22-29)36(27)33/h1-22,37H. The Bertz CT molecular complexity index is 2010. The van der Waals surface area contributed by atoms with Gasteiger partial charge in [0.15, 0.2) is 0 Å². The summed E-state index contributed by atoms with van der Waals surface area (Å²) in [6.45, 7) is 0. The van der Waals surface area contributed by atoms with Gasteiger partial charge >= 0.3 is 0 Å². The number of rotatable bonds is 3. The lowest BCUT2D eigenvalue weighted by atomic mass is 9.97. The second-order valence-corrected chi connectivity index (χ2v) is 9.90. The molecule has 0 amide bonds. The Labute approximate surface area is 215 Å². The van der Waals surface area contributed by atoms with Crippen molar-refractivity contribution >= 4 is 43.7 Å². The summed E-state index contributed by atoms with van der Waals surface area (Å²) in [4.78, 5) is 0. The second kappa shape index (κ2) is 7.81. The fraction of sp³-hybridized carbons (Fsp3) is 0. The van der Waals surface area contributed by atoms with E-state index < -0.39 is 0 Å². The molecule has 1 aliphatic carbocycles. The van der Waals surface area contributed by atoms with Gasteiger partial charge in [0.2, 0.25) is 0 Å². The second-order valence-electron chi connectivity index (χ2n) is 9.90. The minimum Gasteiger partial charge on any atom is -0.355 e. The van der Waals surface area contributed by atoms with Crippen LogP contribution in [0.1, 0.15) is 0 Å². The van der Waals surface area contributed by atoms with Crippen molar-refractivity contribution in [1.29, 1.82) is 0 Å². The summed E-state index contributed by atoms with van der Waals surface area (Å²) in [5.74, 6) is 0. The lowest BCUT2D eigenvalue weighted by Gasteiger charge is -2.12. The van der Waals surface area contributed by atoms with Crippen molar-refractivity contribution in [2.45, 2.75) is 0 Å². The van der Waals surface area contributed by atoms with Crippen LogP contribution in [0.25, 0.3) is 65.7 Å². The van der Waals surface area contributed by atoms with E-state index in [4.69, 9.17) is 0 Å². The summed E-state index contributed by atoms with van der Waals surface area (Å²) < 4.78 is 0. The highest BCUT2D eigenvalue weighted by Gasteiger charge is 2.21. The van der Waals surface area contributed by atoms with Gasteiger partial charge in [-0.1, -0.05) is 103 Å². The van der Waals surface area contributed by atoms with E-state index in [0.29, 0.717) is 0 Å². The molecule has 1 nitrogen and oxygen atoms in total. The Morgan fingerprint density at radius 3 is 1.95 bits per heavy atom. The third-order valence-electron chi connectivity index (χ3n) is 7.72. The van der Waals surface area contributed by atoms with Crippen LogP contribution in [0.3, 0.4) is 0 Å². The summed E-state index contributed by atoms with van der Waals surface area (Å²) >= 11 is 0. The van der Waals surface area contributed by atoms with Crippen LogP contribution in [0.4, 0.5) is 11.4 Å². The predicted molar refractivity (Wildman–Crippen MR) is 159 cm³/mol. The normalized spacial score (nSPS) is 11.8. The first-order chi connectivity index (χ1) is 18.3. The van der Waals surface area contributed by atoms with Gasteiger partial charge in [0.25, 0.3) is 0 Å². The molecule has 0 spiro atoms. The van der Waals surface area contributed by atoms with Crippen LogP contribution in [0.2, 0.25) is 0 Å². The van der Waals surface area contributed by atoms with Crippen LogP contribution in [0, 0.1) is 0 Å². The molecule has 0 bridgehead atoms. The van der Waals surface area contributed by atoms with Gasteiger partial charge in [0.05, 0.1) is 0 Å². The molecule has 1 aliphatic rings. The molecule has 0 saturated carbocycles. The lowest BCUT2D eigenvalue weighted by molar-refractivity contribution is 1.56. The zero-order valence-corrected chi connectivity index (χ0v) is 20.2. The molecule has 1 N–H and O–H groups in total. The maximum Gasteiger partial charge on any atom is 0.0396 e. The van der Waals surface area contributed by atoms with E-state index in [-0.39, 0.29) is 0 Å². The van der Waals surface area contributed by atoms with Gasteiger partial charge in [-0.05, 0) is 96.0 Å². The Balaban J connectivity index is 1.20. The molecule has 0 aliphatic heterocycles. The van der Waals surface area contributed by atoms with E-state index in [2.05, 4.69) is 139 Å². The molecule has 0 unspecified atom stereocenters. The number of benzene rings is 7. The van der Waals surface area contributed by atoms with Crippen molar-refractivity contribution in [2.24, 2.45) is 0 Å².